The van der Waals surface area contributed by atoms with Crippen molar-refractivity contribution in [2.75, 3.05) is 16.4 Å². The van der Waals surface area contributed by atoms with Crippen LogP contribution in [0, 0.1) is 0 Å². The topological polar surface area (TPSA) is 54.0 Å². The zero-order valence-electron chi connectivity index (χ0n) is 18.1. The fourth-order valence-corrected chi connectivity index (χ4v) is 5.24. The lowest BCUT2D eigenvalue weighted by Gasteiger charge is -2.29. The number of thioether (sulfide) groups is 1. The summed E-state index contributed by atoms with van der Waals surface area (Å²) in [6.45, 7) is 10.2. The first-order valence-electron chi connectivity index (χ1n) is 10.6. The van der Waals surface area contributed by atoms with Crippen molar-refractivity contribution in [1.82, 2.24) is 4.98 Å². The van der Waals surface area contributed by atoms with Gasteiger partial charge in [-0.1, -0.05) is 63.0 Å². The maximum absolute atomic E-state index is 12.0. The lowest BCUT2D eigenvalue weighted by atomic mass is 9.91. The van der Waals surface area contributed by atoms with E-state index in [9.17, 15) is 4.79 Å². The highest BCUT2D eigenvalue weighted by Gasteiger charge is 2.29. The Hall–Kier alpha value is -2.05. The van der Waals surface area contributed by atoms with E-state index in [2.05, 4.69) is 62.7 Å². The van der Waals surface area contributed by atoms with Gasteiger partial charge in [-0.3, -0.25) is 9.78 Å². The van der Waals surface area contributed by atoms with E-state index in [0.29, 0.717) is 5.75 Å². The van der Waals surface area contributed by atoms with Gasteiger partial charge in [-0.2, -0.15) is 0 Å². The van der Waals surface area contributed by atoms with Crippen molar-refractivity contribution in [3.8, 4) is 11.1 Å². The summed E-state index contributed by atoms with van der Waals surface area (Å²) < 4.78 is 1.05. The number of rotatable bonds is 2. The molecule has 158 valence electrons. The summed E-state index contributed by atoms with van der Waals surface area (Å²) in [5, 5.41) is 7.85. The van der Waals surface area contributed by atoms with Crippen LogP contribution in [0.25, 0.3) is 22.0 Å². The van der Waals surface area contributed by atoms with Crippen molar-refractivity contribution in [3.63, 3.8) is 0 Å². The van der Waals surface area contributed by atoms with Gasteiger partial charge in [-0.15, -0.1) is 11.8 Å². The predicted molar refractivity (Wildman–Crippen MR) is 134 cm³/mol. The van der Waals surface area contributed by atoms with Gasteiger partial charge in [0.15, 0.2) is 0 Å². The van der Waals surface area contributed by atoms with Crippen LogP contribution < -0.4 is 10.6 Å². The van der Waals surface area contributed by atoms with E-state index in [1.807, 2.05) is 33.9 Å². The molecule has 2 N–H and O–H groups in total. The van der Waals surface area contributed by atoms with E-state index >= 15 is 0 Å². The van der Waals surface area contributed by atoms with E-state index in [0.717, 1.165) is 61.3 Å². The van der Waals surface area contributed by atoms with Crippen LogP contribution in [-0.2, 0) is 11.2 Å². The number of carbonyl (C=O) groups excluding carboxylic acids is 1. The number of hydrogen-bond acceptors (Lipinski definition) is 4. The molecule has 0 saturated carbocycles. The molecular weight excluding hydrogens is 458 g/mol. The van der Waals surface area contributed by atoms with Gasteiger partial charge in [0.05, 0.1) is 22.6 Å². The number of nitrogens with one attached hydrogen (secondary N) is 2. The first-order valence-corrected chi connectivity index (χ1v) is 12.4. The number of amides is 1. The quantitative estimate of drug-likeness (QED) is 0.304. The van der Waals surface area contributed by atoms with Gasteiger partial charge in [0.1, 0.15) is 0 Å². The normalized spacial score (nSPS) is 12.9. The van der Waals surface area contributed by atoms with Crippen LogP contribution in [0.15, 0.2) is 39.8 Å². The Morgan fingerprint density at radius 3 is 2.57 bits per heavy atom. The molecule has 3 aromatic rings. The van der Waals surface area contributed by atoms with Crippen molar-refractivity contribution in [2.24, 2.45) is 0 Å². The van der Waals surface area contributed by atoms with Gasteiger partial charge in [0.2, 0.25) is 5.91 Å². The highest BCUT2D eigenvalue weighted by atomic mass is 79.9. The van der Waals surface area contributed by atoms with E-state index in [1.54, 1.807) is 11.8 Å². The van der Waals surface area contributed by atoms with Gasteiger partial charge in [-0.05, 0) is 35.7 Å². The molecule has 5 rings (SSSR count). The van der Waals surface area contributed by atoms with Gasteiger partial charge < -0.3 is 10.6 Å². The number of benzene rings is 2. The molecular formula is C24H28BrN3OS. The number of pyridine rings is 1. The molecule has 4 nitrogen and oxygen atoms in total. The smallest absolute Gasteiger partial charge is 0.234 e. The highest BCUT2D eigenvalue weighted by molar-refractivity contribution is 9.10. The maximum Gasteiger partial charge on any atom is 0.234 e. The lowest BCUT2D eigenvalue weighted by Crippen LogP contribution is -2.21. The Balaban J connectivity index is 0.000000606. The van der Waals surface area contributed by atoms with Crippen LogP contribution in [-0.4, -0.2) is 16.6 Å². The standard InChI is InChI=1S/C20H16BrN3OS.2C2H6/c1-2-3-13-17-16-12(11-5-4-10(21)8-14(11)23-17)6-7-22-18(16)19-20(13)26-9-15(25)24-19;2*1-2/h4-8,23H,2-3,9H2,1H3,(H,24,25);2*1-2H3. The Bertz CT molecular complexity index is 1100. The summed E-state index contributed by atoms with van der Waals surface area (Å²) in [6.07, 6.45) is 3.84. The fraction of sp³-hybridized carbons (Fsp3) is 0.333. The second-order valence-corrected chi connectivity index (χ2v) is 8.44. The average Bonchev–Trinajstić information content (AvgIpc) is 2.79. The number of halogens is 1. The second-order valence-electron chi connectivity index (χ2n) is 6.54. The van der Waals surface area contributed by atoms with E-state index in [1.165, 1.54) is 5.56 Å². The summed E-state index contributed by atoms with van der Waals surface area (Å²) in [6, 6.07) is 8.37. The first-order chi connectivity index (χ1) is 14.7. The molecule has 0 atom stereocenters. The number of nitrogens with zero attached hydrogens (tertiary/aromatic N) is 1. The summed E-state index contributed by atoms with van der Waals surface area (Å²) in [7, 11) is 0. The Morgan fingerprint density at radius 1 is 1.07 bits per heavy atom. The molecule has 0 aliphatic carbocycles. The molecule has 0 spiro atoms. The van der Waals surface area contributed by atoms with Crippen molar-refractivity contribution in [2.45, 2.75) is 52.4 Å². The maximum atomic E-state index is 12.0. The molecule has 0 bridgehead atoms. The summed E-state index contributed by atoms with van der Waals surface area (Å²) in [5.41, 5.74) is 7.58. The number of carbonyl (C=O) groups is 1. The molecule has 1 aromatic heterocycles. The molecule has 0 saturated heterocycles. The minimum Gasteiger partial charge on any atom is -0.354 e. The van der Waals surface area contributed by atoms with E-state index in [-0.39, 0.29) is 5.91 Å². The van der Waals surface area contributed by atoms with Gasteiger partial charge in [0, 0.05) is 32.2 Å². The summed E-state index contributed by atoms with van der Waals surface area (Å²) in [4.78, 5) is 17.9. The SMILES string of the molecule is CC.CC.CCCc1c2c(c3nccc4c3c1Nc1cc(Br)ccc1-4)NC(=O)CS2. The zero-order chi connectivity index (χ0) is 21.8. The molecule has 3 heterocycles. The number of fused-ring (bicyclic) bond motifs is 4. The summed E-state index contributed by atoms with van der Waals surface area (Å²) in [5.74, 6) is 0.497. The van der Waals surface area contributed by atoms with Crippen molar-refractivity contribution in [3.05, 3.63) is 40.5 Å². The number of hydrogen-bond donors (Lipinski definition) is 2. The van der Waals surface area contributed by atoms with E-state index in [4.69, 9.17) is 0 Å². The van der Waals surface area contributed by atoms with Crippen molar-refractivity contribution < 1.29 is 4.79 Å². The summed E-state index contributed by atoms with van der Waals surface area (Å²) >= 11 is 5.20. The number of anilines is 3. The molecule has 2 aliphatic rings. The van der Waals surface area contributed by atoms with Crippen LogP contribution in [0.4, 0.5) is 17.1 Å². The molecule has 0 unspecified atom stereocenters. The van der Waals surface area contributed by atoms with Crippen molar-refractivity contribution in [1.29, 1.82) is 0 Å². The van der Waals surface area contributed by atoms with E-state index < -0.39 is 0 Å². The Morgan fingerprint density at radius 2 is 1.83 bits per heavy atom. The minimum absolute atomic E-state index is 0.0422. The van der Waals surface area contributed by atoms with Crippen LogP contribution >= 0.6 is 27.7 Å². The first kappa shape index (κ1) is 22.6. The zero-order valence-corrected chi connectivity index (χ0v) is 20.6. The predicted octanol–water partition coefficient (Wildman–Crippen LogP) is 7.77. The molecule has 0 radical (unpaired) electrons. The molecule has 2 aromatic carbocycles. The Labute approximate surface area is 191 Å². The second kappa shape index (κ2) is 9.84. The third-order valence-corrected chi connectivity index (χ3v) is 6.52. The lowest BCUT2D eigenvalue weighted by molar-refractivity contribution is -0.113. The molecule has 0 fully saturated rings. The minimum atomic E-state index is 0.0422. The van der Waals surface area contributed by atoms with Crippen LogP contribution in [0.2, 0.25) is 0 Å². The van der Waals surface area contributed by atoms with Crippen LogP contribution in [0.5, 0.6) is 0 Å². The number of aromatic nitrogens is 1. The monoisotopic (exact) mass is 485 g/mol. The largest absolute Gasteiger partial charge is 0.354 e. The van der Waals surface area contributed by atoms with Crippen LogP contribution in [0.3, 0.4) is 0 Å². The van der Waals surface area contributed by atoms with Gasteiger partial charge in [-0.25, -0.2) is 0 Å². The fourth-order valence-electron chi connectivity index (χ4n) is 3.86. The molecule has 2 aliphatic heterocycles. The third kappa shape index (κ3) is 3.83. The molecule has 6 heteroatoms. The van der Waals surface area contributed by atoms with Crippen molar-refractivity contribution >= 4 is 61.6 Å². The third-order valence-electron chi connectivity index (χ3n) is 4.88. The van der Waals surface area contributed by atoms with Crippen LogP contribution in [0.1, 0.15) is 46.6 Å². The Kier molecular flexibility index (Phi) is 7.42. The van der Waals surface area contributed by atoms with Gasteiger partial charge in [0.25, 0.3) is 0 Å². The highest BCUT2D eigenvalue weighted by Crippen LogP contribution is 2.51. The molecule has 1 amide bonds. The molecule has 30 heavy (non-hydrogen) atoms. The van der Waals surface area contributed by atoms with Gasteiger partial charge >= 0.3 is 0 Å². The average molecular weight is 486 g/mol.